The molecule has 6 nitrogen and oxygen atoms in total. The molecule has 0 bridgehead atoms. The highest BCUT2D eigenvalue weighted by Crippen LogP contribution is 2.36. The summed E-state index contributed by atoms with van der Waals surface area (Å²) in [5.41, 5.74) is -1.27. The summed E-state index contributed by atoms with van der Waals surface area (Å²) in [6, 6.07) is 13.4. The molecule has 4 aromatic rings. The molecule has 0 atom stereocenters. The number of benzene rings is 3. The molecule has 1 aromatic heterocycles. The Morgan fingerprint density at radius 2 is 1.82 bits per heavy atom. The second-order valence-electron chi connectivity index (χ2n) is 8.80. The fourth-order valence-corrected chi connectivity index (χ4v) is 4.44. The lowest BCUT2D eigenvalue weighted by Crippen LogP contribution is -2.22. The highest BCUT2D eigenvalue weighted by molar-refractivity contribution is 6.31. The average molecular weight is 576 g/mol. The largest absolute Gasteiger partial charge is 0.466 e. The molecule has 1 amide bonds. The minimum atomic E-state index is -4.93. The Bertz CT molecular complexity index is 1650. The summed E-state index contributed by atoms with van der Waals surface area (Å²) in [6.45, 7) is 1.95. The van der Waals surface area contributed by atoms with Gasteiger partial charge in [0, 0.05) is 28.5 Å². The molecule has 0 saturated carbocycles. The Hall–Kier alpha value is -4.18. The van der Waals surface area contributed by atoms with E-state index in [0.29, 0.717) is 28.0 Å². The van der Waals surface area contributed by atoms with Gasteiger partial charge < -0.3 is 14.5 Å². The first-order valence-electron chi connectivity index (χ1n) is 12.1. The maximum absolute atomic E-state index is 13.5. The maximum Gasteiger partial charge on any atom is 0.418 e. The van der Waals surface area contributed by atoms with Gasteiger partial charge in [-0.05, 0) is 54.8 Å². The maximum atomic E-state index is 13.5. The first-order chi connectivity index (χ1) is 19.0. The van der Waals surface area contributed by atoms with E-state index in [-0.39, 0.29) is 36.2 Å². The highest BCUT2D eigenvalue weighted by atomic mass is 35.5. The number of amides is 1. The monoisotopic (exact) mass is 575 g/mol. The van der Waals surface area contributed by atoms with E-state index < -0.39 is 41.2 Å². The summed E-state index contributed by atoms with van der Waals surface area (Å²) in [5.74, 6) is -2.44. The summed E-state index contributed by atoms with van der Waals surface area (Å²) >= 11 is 6.08. The van der Waals surface area contributed by atoms with Gasteiger partial charge in [0.05, 0.1) is 29.8 Å². The SMILES string of the molecule is CCOC(=O)CCc1cccc(-c2c(CC(=O)Nc3ccc(F)cc3C(F)(F)F)c(=O)oc3cc(Cl)ccc23)c1. The van der Waals surface area contributed by atoms with Gasteiger partial charge in [-0.25, -0.2) is 9.18 Å². The van der Waals surface area contributed by atoms with Crippen molar-refractivity contribution < 1.29 is 36.3 Å². The van der Waals surface area contributed by atoms with E-state index in [4.69, 9.17) is 20.8 Å². The lowest BCUT2D eigenvalue weighted by Gasteiger charge is -2.15. The molecule has 0 fully saturated rings. The minimum absolute atomic E-state index is 0.106. The number of hydrogen-bond acceptors (Lipinski definition) is 5. The molecule has 0 aliphatic rings. The standard InChI is InChI=1S/C29H22ClF4NO5/c1-2-39-26(37)11-6-16-4-3-5-17(12-16)27-20-9-7-18(30)13-24(20)40-28(38)21(27)15-25(36)35-23-10-8-19(31)14-22(23)29(32,33)34/h3-5,7-10,12-14H,2,6,11,15H2,1H3,(H,35,36). The number of fused-ring (bicyclic) bond motifs is 1. The summed E-state index contributed by atoms with van der Waals surface area (Å²) in [7, 11) is 0. The Morgan fingerprint density at radius 3 is 2.55 bits per heavy atom. The summed E-state index contributed by atoms with van der Waals surface area (Å²) < 4.78 is 64.2. The Kier molecular flexibility index (Phi) is 8.58. The molecule has 1 heterocycles. The number of hydrogen-bond donors (Lipinski definition) is 1. The molecule has 0 aliphatic carbocycles. The van der Waals surface area contributed by atoms with Crippen molar-refractivity contribution in [3.63, 3.8) is 0 Å². The quantitative estimate of drug-likeness (QED) is 0.140. The highest BCUT2D eigenvalue weighted by Gasteiger charge is 2.34. The fourth-order valence-electron chi connectivity index (χ4n) is 4.28. The molecule has 3 aromatic carbocycles. The van der Waals surface area contributed by atoms with Crippen molar-refractivity contribution in [3.05, 3.63) is 98.6 Å². The number of ether oxygens (including phenoxy) is 1. The average Bonchev–Trinajstić information content (AvgIpc) is 2.88. The van der Waals surface area contributed by atoms with E-state index in [0.717, 1.165) is 17.7 Å². The third-order valence-electron chi connectivity index (χ3n) is 6.00. The van der Waals surface area contributed by atoms with E-state index in [2.05, 4.69) is 5.32 Å². The van der Waals surface area contributed by atoms with Crippen LogP contribution < -0.4 is 10.9 Å². The number of aryl methyl sites for hydroxylation is 1. The van der Waals surface area contributed by atoms with Crippen LogP contribution in [0, 0.1) is 5.82 Å². The second kappa shape index (κ2) is 11.9. The number of carbonyl (C=O) groups is 2. The summed E-state index contributed by atoms with van der Waals surface area (Å²) in [6.07, 6.45) is -5.10. The zero-order valence-corrected chi connectivity index (χ0v) is 21.8. The van der Waals surface area contributed by atoms with E-state index in [1.165, 1.54) is 6.07 Å². The predicted octanol–water partition coefficient (Wildman–Crippen LogP) is 6.95. The van der Waals surface area contributed by atoms with Gasteiger partial charge in [-0.1, -0.05) is 35.9 Å². The molecule has 11 heteroatoms. The van der Waals surface area contributed by atoms with Crippen LogP contribution in [0.25, 0.3) is 22.1 Å². The Morgan fingerprint density at radius 1 is 1.05 bits per heavy atom. The molecule has 0 spiro atoms. The van der Waals surface area contributed by atoms with Crippen LogP contribution in [0.15, 0.2) is 69.9 Å². The van der Waals surface area contributed by atoms with Gasteiger partial charge in [-0.2, -0.15) is 13.2 Å². The molecule has 4 rings (SSSR count). The van der Waals surface area contributed by atoms with Crippen LogP contribution in [0.1, 0.15) is 30.0 Å². The Balaban J connectivity index is 1.76. The van der Waals surface area contributed by atoms with E-state index in [9.17, 15) is 31.9 Å². The first kappa shape index (κ1) is 28.8. The third kappa shape index (κ3) is 6.69. The topological polar surface area (TPSA) is 85.6 Å². The van der Waals surface area contributed by atoms with Crippen molar-refractivity contribution in [3.8, 4) is 11.1 Å². The first-order valence-corrected chi connectivity index (χ1v) is 12.5. The third-order valence-corrected chi connectivity index (χ3v) is 6.24. The number of carbonyl (C=O) groups excluding carboxylic acids is 2. The smallest absolute Gasteiger partial charge is 0.418 e. The van der Waals surface area contributed by atoms with Crippen molar-refractivity contribution >= 4 is 40.1 Å². The van der Waals surface area contributed by atoms with Gasteiger partial charge in [-0.3, -0.25) is 9.59 Å². The van der Waals surface area contributed by atoms with Crippen molar-refractivity contribution in [2.75, 3.05) is 11.9 Å². The van der Waals surface area contributed by atoms with Crippen LogP contribution in [0.5, 0.6) is 0 Å². The molecular weight excluding hydrogens is 554 g/mol. The predicted molar refractivity (Wildman–Crippen MR) is 142 cm³/mol. The number of alkyl halides is 3. The van der Waals surface area contributed by atoms with Gasteiger partial charge in [0.15, 0.2) is 0 Å². The molecule has 1 N–H and O–H groups in total. The van der Waals surface area contributed by atoms with Crippen molar-refractivity contribution in [1.29, 1.82) is 0 Å². The van der Waals surface area contributed by atoms with Crippen LogP contribution in [-0.2, 0) is 33.3 Å². The second-order valence-corrected chi connectivity index (χ2v) is 9.24. The van der Waals surface area contributed by atoms with Gasteiger partial charge in [0.25, 0.3) is 0 Å². The number of nitrogens with one attached hydrogen (secondary N) is 1. The molecule has 0 saturated heterocycles. The van der Waals surface area contributed by atoms with E-state index in [1.807, 2.05) is 0 Å². The zero-order chi connectivity index (χ0) is 29.0. The van der Waals surface area contributed by atoms with Crippen LogP contribution in [0.2, 0.25) is 5.02 Å². The van der Waals surface area contributed by atoms with E-state index >= 15 is 0 Å². The van der Waals surface area contributed by atoms with Gasteiger partial charge in [0.1, 0.15) is 11.4 Å². The van der Waals surface area contributed by atoms with Crippen molar-refractivity contribution in [2.24, 2.45) is 0 Å². The van der Waals surface area contributed by atoms with Gasteiger partial charge in [-0.15, -0.1) is 0 Å². The van der Waals surface area contributed by atoms with Crippen LogP contribution in [-0.4, -0.2) is 18.5 Å². The number of rotatable bonds is 8. The molecule has 40 heavy (non-hydrogen) atoms. The fraction of sp³-hybridized carbons (Fsp3) is 0.207. The number of esters is 1. The van der Waals surface area contributed by atoms with Gasteiger partial charge in [0.2, 0.25) is 5.91 Å². The summed E-state index contributed by atoms with van der Waals surface area (Å²) in [4.78, 5) is 37.9. The van der Waals surface area contributed by atoms with Crippen LogP contribution in [0.3, 0.4) is 0 Å². The summed E-state index contributed by atoms with van der Waals surface area (Å²) in [5, 5.41) is 2.87. The van der Waals surface area contributed by atoms with E-state index in [1.54, 1.807) is 43.3 Å². The lowest BCUT2D eigenvalue weighted by molar-refractivity contribution is -0.143. The molecule has 0 unspecified atom stereocenters. The van der Waals surface area contributed by atoms with Crippen LogP contribution >= 0.6 is 11.6 Å². The molecular formula is C29H22ClF4NO5. The number of halogens is 5. The zero-order valence-electron chi connectivity index (χ0n) is 21.0. The van der Waals surface area contributed by atoms with Crippen molar-refractivity contribution in [2.45, 2.75) is 32.4 Å². The normalized spacial score (nSPS) is 11.4. The molecule has 0 radical (unpaired) electrons. The minimum Gasteiger partial charge on any atom is -0.466 e. The molecule has 208 valence electrons. The molecule has 0 aliphatic heterocycles. The number of anilines is 1. The van der Waals surface area contributed by atoms with Gasteiger partial charge >= 0.3 is 17.8 Å². The lowest BCUT2D eigenvalue weighted by atomic mass is 9.93. The Labute approximate surface area is 230 Å². The van der Waals surface area contributed by atoms with Crippen LogP contribution in [0.4, 0.5) is 23.2 Å². The van der Waals surface area contributed by atoms with Crippen molar-refractivity contribution in [1.82, 2.24) is 0 Å².